The molecule has 0 aromatic rings. The van der Waals surface area contributed by atoms with Crippen molar-refractivity contribution in [3.8, 4) is 0 Å². The van der Waals surface area contributed by atoms with Crippen LogP contribution in [0.4, 0.5) is 0 Å². The third-order valence-electron chi connectivity index (χ3n) is 5.24. The molecule has 3 heterocycles. The van der Waals surface area contributed by atoms with Crippen molar-refractivity contribution in [1.29, 1.82) is 0 Å². The molecular weight excluding hydrogens is 358 g/mol. The number of aliphatic carboxylic acids is 1. The molecule has 2 amide bonds. The average Bonchev–Trinajstić information content (AvgIpc) is 3.03. The molecule has 5 atom stereocenters. The van der Waals surface area contributed by atoms with Gasteiger partial charge < -0.3 is 20.8 Å². The second kappa shape index (κ2) is 7.05. The molecule has 4 N–H and O–H groups in total. The molecule has 3 aliphatic rings. The Morgan fingerprint density at radius 2 is 2.12 bits per heavy atom. The van der Waals surface area contributed by atoms with E-state index in [1.807, 2.05) is 7.05 Å². The number of hydrogen-bond acceptors (Lipinski definition) is 6. The summed E-state index contributed by atoms with van der Waals surface area (Å²) in [6.45, 7) is 2.31. The number of carboxylic acids is 1. The molecule has 3 aliphatic heterocycles. The first-order valence-electron chi connectivity index (χ1n) is 8.52. The van der Waals surface area contributed by atoms with Gasteiger partial charge in [-0.1, -0.05) is 6.08 Å². The normalized spacial score (nSPS) is 32.9. The zero-order valence-electron chi connectivity index (χ0n) is 14.7. The van der Waals surface area contributed by atoms with E-state index >= 15 is 0 Å². The van der Waals surface area contributed by atoms with Gasteiger partial charge in [-0.05, 0) is 20.4 Å². The van der Waals surface area contributed by atoms with Gasteiger partial charge in [0.05, 0.1) is 18.1 Å². The van der Waals surface area contributed by atoms with Crippen LogP contribution in [0.1, 0.15) is 19.8 Å². The Morgan fingerprint density at radius 3 is 2.69 bits per heavy atom. The van der Waals surface area contributed by atoms with Gasteiger partial charge in [0.25, 0.3) is 0 Å². The van der Waals surface area contributed by atoms with Gasteiger partial charge in [0.1, 0.15) is 5.70 Å². The first kappa shape index (κ1) is 18.9. The zero-order chi connectivity index (χ0) is 19.2. The summed E-state index contributed by atoms with van der Waals surface area (Å²) in [4.78, 5) is 39.0. The molecule has 0 aromatic heterocycles. The molecule has 0 spiro atoms. The van der Waals surface area contributed by atoms with Crippen molar-refractivity contribution in [3.63, 3.8) is 0 Å². The maximum Gasteiger partial charge on any atom is 0.353 e. The molecule has 142 valence electrons. The fourth-order valence-electron chi connectivity index (χ4n) is 4.03. The quantitative estimate of drug-likeness (QED) is 0.428. The number of rotatable bonds is 6. The summed E-state index contributed by atoms with van der Waals surface area (Å²) in [5, 5.41) is 19.5. The zero-order valence-corrected chi connectivity index (χ0v) is 15.5. The number of carbonyl (C=O) groups is 3. The molecule has 0 aliphatic carbocycles. The predicted molar refractivity (Wildman–Crippen MR) is 95.8 cm³/mol. The summed E-state index contributed by atoms with van der Waals surface area (Å²) in [5.74, 6) is -2.44. The van der Waals surface area contributed by atoms with Gasteiger partial charge in [-0.15, -0.1) is 11.8 Å². The number of hydrogen-bond donors (Lipinski definition) is 3. The summed E-state index contributed by atoms with van der Waals surface area (Å²) in [6.07, 6.45) is 3.56. The van der Waals surface area contributed by atoms with E-state index in [1.54, 1.807) is 13.0 Å². The molecule has 3 rings (SSSR count). The lowest BCUT2D eigenvalue weighted by atomic mass is 9.83. The van der Waals surface area contributed by atoms with Crippen molar-refractivity contribution in [2.24, 2.45) is 11.7 Å². The van der Waals surface area contributed by atoms with Crippen LogP contribution in [0.15, 0.2) is 22.8 Å². The number of carbonyl (C=O) groups excluding carboxylic acids is 2. The van der Waals surface area contributed by atoms with Gasteiger partial charge in [-0.3, -0.25) is 14.5 Å². The molecule has 9 heteroatoms. The Hall–Kier alpha value is -1.84. The molecule has 2 saturated heterocycles. The monoisotopic (exact) mass is 381 g/mol. The van der Waals surface area contributed by atoms with Crippen molar-refractivity contribution in [3.05, 3.63) is 22.8 Å². The number of amides is 2. The van der Waals surface area contributed by atoms with Crippen molar-refractivity contribution in [1.82, 2.24) is 9.80 Å². The van der Waals surface area contributed by atoms with Crippen LogP contribution in [0.3, 0.4) is 0 Å². The number of likely N-dealkylation sites (tertiary alicyclic amines) is 1. The minimum absolute atomic E-state index is 0.0562. The number of nitrogens with two attached hydrogens (primary N) is 1. The number of fused-ring (bicyclic) bond motifs is 1. The fourth-order valence-corrected chi connectivity index (χ4v) is 5.60. The summed E-state index contributed by atoms with van der Waals surface area (Å²) in [5.41, 5.74) is 5.20. The van der Waals surface area contributed by atoms with E-state index < -0.39 is 23.9 Å². The van der Waals surface area contributed by atoms with Crippen LogP contribution in [0.2, 0.25) is 0 Å². The molecule has 8 nitrogen and oxygen atoms in total. The van der Waals surface area contributed by atoms with Crippen LogP contribution in [0.5, 0.6) is 0 Å². The Morgan fingerprint density at radius 1 is 1.42 bits per heavy atom. The van der Waals surface area contributed by atoms with Gasteiger partial charge in [-0.2, -0.15) is 0 Å². The van der Waals surface area contributed by atoms with Crippen LogP contribution in [-0.4, -0.2) is 74.8 Å². The van der Waals surface area contributed by atoms with E-state index in [4.69, 9.17) is 5.73 Å². The van der Waals surface area contributed by atoms with E-state index in [0.717, 1.165) is 13.0 Å². The Balaban J connectivity index is 1.73. The summed E-state index contributed by atoms with van der Waals surface area (Å²) in [7, 11) is 1.94. The fraction of sp³-hybridized carbons (Fsp3) is 0.588. The van der Waals surface area contributed by atoms with E-state index in [2.05, 4.69) is 4.90 Å². The average molecular weight is 381 g/mol. The van der Waals surface area contributed by atoms with Crippen molar-refractivity contribution < 1.29 is 24.6 Å². The molecule has 0 radical (unpaired) electrons. The van der Waals surface area contributed by atoms with Crippen molar-refractivity contribution >= 4 is 29.5 Å². The highest BCUT2D eigenvalue weighted by Gasteiger charge is 2.57. The van der Waals surface area contributed by atoms with Crippen LogP contribution < -0.4 is 5.73 Å². The van der Waals surface area contributed by atoms with Gasteiger partial charge in [0.15, 0.2) is 0 Å². The van der Waals surface area contributed by atoms with Crippen LogP contribution in [0, 0.1) is 5.92 Å². The molecule has 0 unspecified atom stereocenters. The second-order valence-electron chi connectivity index (χ2n) is 7.07. The highest BCUT2D eigenvalue weighted by molar-refractivity contribution is 8.03. The third-order valence-corrected chi connectivity index (χ3v) is 6.56. The van der Waals surface area contributed by atoms with Crippen LogP contribution >= 0.6 is 11.8 Å². The first-order valence-corrected chi connectivity index (χ1v) is 9.40. The largest absolute Gasteiger partial charge is 0.477 e. The number of likely N-dealkylation sites (N-methyl/N-ethyl adjacent to an activating group) is 1. The smallest absolute Gasteiger partial charge is 0.353 e. The number of aliphatic hydroxyl groups is 1. The van der Waals surface area contributed by atoms with Crippen molar-refractivity contribution in [2.75, 3.05) is 13.6 Å². The van der Waals surface area contributed by atoms with E-state index in [9.17, 15) is 24.6 Å². The first-order chi connectivity index (χ1) is 12.2. The number of β-lactam (4-membered cyclic amide) rings is 1. The minimum Gasteiger partial charge on any atom is -0.477 e. The summed E-state index contributed by atoms with van der Waals surface area (Å²) in [6, 6.07) is -0.194. The maximum absolute atomic E-state index is 12.2. The van der Waals surface area contributed by atoms with E-state index in [-0.39, 0.29) is 28.9 Å². The third kappa shape index (κ3) is 3.26. The van der Waals surface area contributed by atoms with Gasteiger partial charge in [-0.25, -0.2) is 4.79 Å². The molecule has 2 fully saturated rings. The standard InChI is InChI=1S/C17H23N3O5S/c1-8(21)14-11-6-12(15(17(24)25)20(11)16(14)23)26-10-5-9(19(2)7-10)3-4-13(18)22/h3-4,8-11,14,21H,5-7H2,1-2H3,(H2,18,22)(H,24,25)/t8-,9-,10+,11-,14-/m1/s1. The minimum atomic E-state index is -1.11. The lowest BCUT2D eigenvalue weighted by Crippen LogP contribution is -2.61. The topological polar surface area (TPSA) is 124 Å². The number of thioether (sulfide) groups is 1. The summed E-state index contributed by atoms with van der Waals surface area (Å²) >= 11 is 1.49. The highest BCUT2D eigenvalue weighted by Crippen LogP contribution is 2.49. The highest BCUT2D eigenvalue weighted by atomic mass is 32.2. The van der Waals surface area contributed by atoms with Crippen LogP contribution in [0.25, 0.3) is 0 Å². The molecule has 0 aromatic carbocycles. The number of primary amides is 1. The van der Waals surface area contributed by atoms with E-state index in [0.29, 0.717) is 11.3 Å². The number of nitrogens with zero attached hydrogens (tertiary/aromatic N) is 2. The maximum atomic E-state index is 12.2. The Kier molecular flexibility index (Phi) is 5.14. The van der Waals surface area contributed by atoms with Crippen LogP contribution in [-0.2, 0) is 14.4 Å². The van der Waals surface area contributed by atoms with E-state index in [1.165, 1.54) is 22.7 Å². The molecular formula is C17H23N3O5S. The summed E-state index contributed by atoms with van der Waals surface area (Å²) < 4.78 is 0. The molecule has 26 heavy (non-hydrogen) atoms. The number of carboxylic acid groups (broad SMARTS) is 1. The molecule has 0 bridgehead atoms. The van der Waals surface area contributed by atoms with Crippen molar-refractivity contribution in [2.45, 2.75) is 43.2 Å². The van der Waals surface area contributed by atoms with Gasteiger partial charge in [0.2, 0.25) is 11.8 Å². The molecule has 0 saturated carbocycles. The van der Waals surface area contributed by atoms with Gasteiger partial charge in [0, 0.05) is 35.2 Å². The lowest BCUT2D eigenvalue weighted by Gasteiger charge is -2.44. The van der Waals surface area contributed by atoms with Gasteiger partial charge >= 0.3 is 5.97 Å². The number of aliphatic hydroxyl groups excluding tert-OH is 1. The predicted octanol–water partition coefficient (Wildman–Crippen LogP) is -0.258. The second-order valence-corrected chi connectivity index (χ2v) is 8.46. The Labute approximate surface area is 155 Å². The SMILES string of the molecule is C[C@@H](O)[C@H]1C(=O)N2C(C(=O)O)=C(S[C@H]3C[C@@H](C=CC(N)=O)N(C)C3)C[C@H]12. The Bertz CT molecular complexity index is 705. The lowest BCUT2D eigenvalue weighted by molar-refractivity contribution is -0.161.